The largest absolute Gasteiger partial charge is 0.460 e. The Balaban J connectivity index is 0.865. The molecule has 492 valence electrons. The van der Waals surface area contributed by atoms with E-state index in [9.17, 15) is 66.3 Å². The lowest BCUT2D eigenvalue weighted by Gasteiger charge is -2.43. The van der Waals surface area contributed by atoms with Gasteiger partial charge in [0.25, 0.3) is 0 Å². The Morgan fingerprint density at radius 2 is 0.824 bits per heavy atom. The van der Waals surface area contributed by atoms with Gasteiger partial charge in [-0.1, -0.05) is 146 Å². The summed E-state index contributed by atoms with van der Waals surface area (Å²) >= 11 is 0. The van der Waals surface area contributed by atoms with Gasteiger partial charge in [-0.05, 0) is 131 Å². The summed E-state index contributed by atoms with van der Waals surface area (Å²) in [6, 6.07) is 22.7. The Labute approximate surface area is 531 Å². The van der Waals surface area contributed by atoms with Gasteiger partial charge in [-0.2, -0.15) is 36.9 Å². The molecule has 2 aliphatic heterocycles. The topological polar surface area (TPSA) is 191 Å². The standard InChI is InChI=1S/C70H87F6N7O8/c1-4-79(39-21-17-13-9-5-7-11-15-19-23-41-80-63(55-35-31-53(49-77)32-36-55)61(65(86)90-45-43-84)51(2)82(67(80)88)59-29-25-27-57(47-59)69(71,72)73)40-22-18-14-10-6-8-12-16-20-24-42-81-64(56-37-33-54(50-78)34-38-56)62(66(87)91-46-44-85)52(3)83(68(81)89)60-30-26-28-58(48-60)70(74,75)76/h25-38,47-48,63-64,84-85H,4-24,39-46H2,1-3H3. The van der Waals surface area contributed by atoms with Crippen LogP contribution in [0, 0.1) is 22.7 Å². The predicted octanol–water partition coefficient (Wildman–Crippen LogP) is 15.9. The molecular weight excluding hydrogens is 1180 g/mol. The molecule has 2 aliphatic rings. The molecule has 6 rings (SSSR count). The Morgan fingerprint density at radius 1 is 0.505 bits per heavy atom. The van der Waals surface area contributed by atoms with E-state index in [4.69, 9.17) is 9.47 Å². The number of rotatable bonds is 37. The van der Waals surface area contributed by atoms with Crippen LogP contribution in [0.5, 0.6) is 0 Å². The number of anilines is 2. The highest BCUT2D eigenvalue weighted by molar-refractivity contribution is 6.04. The van der Waals surface area contributed by atoms with Crippen molar-refractivity contribution in [2.24, 2.45) is 0 Å². The predicted molar refractivity (Wildman–Crippen MR) is 336 cm³/mol. The molecule has 0 saturated carbocycles. The van der Waals surface area contributed by atoms with E-state index in [0.29, 0.717) is 35.1 Å². The van der Waals surface area contributed by atoms with Crippen LogP contribution >= 0.6 is 0 Å². The van der Waals surface area contributed by atoms with Crippen molar-refractivity contribution >= 4 is 35.4 Å². The number of aliphatic hydroxyl groups excluding tert-OH is 2. The number of carbonyl (C=O) groups excluding carboxylic acids is 4. The van der Waals surface area contributed by atoms with E-state index in [1.807, 2.05) is 0 Å². The number of alkyl halides is 6. The van der Waals surface area contributed by atoms with E-state index >= 15 is 0 Å². The summed E-state index contributed by atoms with van der Waals surface area (Å²) in [6.07, 6.45) is 10.8. The minimum absolute atomic E-state index is 0.0442. The maximum atomic E-state index is 14.5. The summed E-state index contributed by atoms with van der Waals surface area (Å²) in [6.45, 7) is 7.20. The molecule has 0 radical (unpaired) electrons. The number of aliphatic hydroxyl groups is 2. The third-order valence-corrected chi connectivity index (χ3v) is 16.9. The van der Waals surface area contributed by atoms with Crippen molar-refractivity contribution in [3.05, 3.63) is 153 Å². The van der Waals surface area contributed by atoms with Crippen molar-refractivity contribution in [1.82, 2.24) is 14.7 Å². The number of esters is 2. The molecule has 2 N–H and O–H groups in total. The van der Waals surface area contributed by atoms with Crippen LogP contribution in [-0.4, -0.2) is 108 Å². The molecule has 91 heavy (non-hydrogen) atoms. The zero-order valence-corrected chi connectivity index (χ0v) is 52.6. The molecule has 4 amide bonds. The van der Waals surface area contributed by atoms with E-state index in [-0.39, 0.29) is 60.2 Å². The van der Waals surface area contributed by atoms with Crippen molar-refractivity contribution < 1.29 is 65.2 Å². The van der Waals surface area contributed by atoms with Crippen LogP contribution in [0.1, 0.15) is 195 Å². The summed E-state index contributed by atoms with van der Waals surface area (Å²) in [5, 5.41) is 37.9. The van der Waals surface area contributed by atoms with E-state index in [2.05, 4.69) is 24.0 Å². The average molecular weight is 1270 g/mol. The number of ether oxygens (including phenoxy) is 2. The first kappa shape index (κ1) is 72.3. The van der Waals surface area contributed by atoms with Gasteiger partial charge in [0.15, 0.2) is 0 Å². The second-order valence-electron chi connectivity index (χ2n) is 23.2. The lowest BCUT2D eigenvalue weighted by Crippen LogP contribution is -2.51. The molecule has 21 heteroatoms. The molecular formula is C70H87F6N7O8. The Kier molecular flexibility index (Phi) is 28.9. The smallest absolute Gasteiger partial charge is 0.416 e. The van der Waals surface area contributed by atoms with E-state index in [1.165, 1.54) is 60.8 Å². The first-order valence-electron chi connectivity index (χ1n) is 32.0. The number of amides is 4. The van der Waals surface area contributed by atoms with Crippen molar-refractivity contribution in [3.8, 4) is 12.1 Å². The highest BCUT2D eigenvalue weighted by atomic mass is 19.4. The number of urea groups is 2. The minimum atomic E-state index is -4.68. The monoisotopic (exact) mass is 1270 g/mol. The molecule has 0 bridgehead atoms. The van der Waals surface area contributed by atoms with Crippen LogP contribution in [0.25, 0.3) is 0 Å². The maximum Gasteiger partial charge on any atom is 0.416 e. The van der Waals surface area contributed by atoms with Crippen LogP contribution in [0.2, 0.25) is 0 Å². The van der Waals surface area contributed by atoms with Crippen molar-refractivity contribution in [3.63, 3.8) is 0 Å². The normalized spacial score (nSPS) is 15.6. The fraction of sp³-hybridized carbons (Fsp3) is 0.514. The summed E-state index contributed by atoms with van der Waals surface area (Å²) in [7, 11) is 0. The molecule has 2 heterocycles. The van der Waals surface area contributed by atoms with E-state index < -0.39 is 72.8 Å². The van der Waals surface area contributed by atoms with Gasteiger partial charge in [-0.3, -0.25) is 9.80 Å². The van der Waals surface area contributed by atoms with Gasteiger partial charge in [-0.15, -0.1) is 0 Å². The summed E-state index contributed by atoms with van der Waals surface area (Å²) in [4.78, 5) is 64.2. The highest BCUT2D eigenvalue weighted by Crippen LogP contribution is 2.44. The molecule has 0 fully saturated rings. The van der Waals surface area contributed by atoms with Gasteiger partial charge in [0.2, 0.25) is 0 Å². The van der Waals surface area contributed by atoms with Crippen molar-refractivity contribution in [2.75, 3.05) is 69.0 Å². The van der Waals surface area contributed by atoms with Crippen LogP contribution in [-0.2, 0) is 31.4 Å². The Morgan fingerprint density at radius 3 is 1.12 bits per heavy atom. The van der Waals surface area contributed by atoms with Gasteiger partial charge in [0.1, 0.15) is 13.2 Å². The minimum Gasteiger partial charge on any atom is -0.460 e. The first-order chi connectivity index (χ1) is 43.8. The molecule has 0 spiro atoms. The van der Waals surface area contributed by atoms with E-state index in [1.54, 1.807) is 48.5 Å². The second kappa shape index (κ2) is 36.4. The number of benzene rings is 4. The Bertz CT molecular complexity index is 2950. The summed E-state index contributed by atoms with van der Waals surface area (Å²) < 4.78 is 94.0. The number of hydrogen-bond acceptors (Lipinski definition) is 11. The van der Waals surface area contributed by atoms with Crippen molar-refractivity contribution in [2.45, 2.75) is 174 Å². The van der Waals surface area contributed by atoms with Crippen LogP contribution < -0.4 is 9.80 Å². The first-order valence-corrected chi connectivity index (χ1v) is 32.0. The zero-order valence-electron chi connectivity index (χ0n) is 52.6. The third-order valence-electron chi connectivity index (χ3n) is 16.9. The van der Waals surface area contributed by atoms with Crippen LogP contribution in [0.4, 0.5) is 47.3 Å². The quantitative estimate of drug-likeness (QED) is 0.0248. The Hall–Kier alpha value is -7.72. The highest BCUT2D eigenvalue weighted by Gasteiger charge is 2.45. The molecule has 0 aliphatic carbocycles. The molecule has 0 saturated heterocycles. The number of allylic oxidation sites excluding steroid dienone is 2. The number of carbonyl (C=O) groups is 4. The van der Waals surface area contributed by atoms with Gasteiger partial charge >= 0.3 is 36.4 Å². The second-order valence-corrected chi connectivity index (χ2v) is 23.2. The van der Waals surface area contributed by atoms with Gasteiger partial charge in [0.05, 0.1) is 82.2 Å². The lowest BCUT2D eigenvalue weighted by atomic mass is 9.91. The summed E-state index contributed by atoms with van der Waals surface area (Å²) in [5.74, 6) is -1.64. The van der Waals surface area contributed by atoms with Crippen molar-refractivity contribution in [1.29, 1.82) is 10.5 Å². The molecule has 15 nitrogen and oxygen atoms in total. The fourth-order valence-corrected chi connectivity index (χ4v) is 12.0. The third kappa shape index (κ3) is 20.6. The number of nitrogens with zero attached hydrogens (tertiary/aromatic N) is 7. The molecule has 0 aromatic heterocycles. The van der Waals surface area contributed by atoms with E-state index in [0.717, 1.165) is 156 Å². The fourth-order valence-electron chi connectivity index (χ4n) is 12.0. The molecule has 4 aromatic carbocycles. The average Bonchev–Trinajstić information content (AvgIpc) is 0.840. The number of unbranched alkanes of at least 4 members (excludes halogenated alkanes) is 18. The number of hydrogen-bond donors (Lipinski definition) is 2. The molecule has 2 atom stereocenters. The number of halogens is 6. The molecule has 4 aromatic rings. The zero-order chi connectivity index (χ0) is 65.9. The maximum absolute atomic E-state index is 14.5. The van der Waals surface area contributed by atoms with Crippen LogP contribution in [0.15, 0.2) is 120 Å². The molecule has 2 unspecified atom stereocenters. The van der Waals surface area contributed by atoms with Gasteiger partial charge < -0.3 is 34.4 Å². The van der Waals surface area contributed by atoms with Crippen LogP contribution in [0.3, 0.4) is 0 Å². The van der Waals surface area contributed by atoms with Gasteiger partial charge in [-0.25, -0.2) is 19.2 Å². The SMILES string of the molecule is CCN(CCCCCCCCCCCCN1C(=O)N(c2cccc(C(F)(F)F)c2)C(C)=C(C(=O)OCCO)C1c1ccc(C#N)cc1)CCCCCCCCCCCCN1C(=O)N(c2cccc(C(F)(F)F)c2)C(C)=C(C(=O)OCCO)C1c1ccc(C#N)cc1. The summed E-state index contributed by atoms with van der Waals surface area (Å²) in [5.41, 5.74) is 0.0689. The lowest BCUT2D eigenvalue weighted by molar-refractivity contribution is -0.141. The van der Waals surface area contributed by atoms with Gasteiger partial charge in [0, 0.05) is 24.5 Å². The number of nitriles is 2.